The van der Waals surface area contributed by atoms with Crippen LogP contribution in [0, 0.1) is 12.8 Å². The number of ether oxygens (including phenoxy) is 1. The first-order chi connectivity index (χ1) is 12.6. The van der Waals surface area contributed by atoms with Crippen molar-refractivity contribution < 1.29 is 9.53 Å². The molecule has 0 spiro atoms. The number of hydrogen-bond acceptors (Lipinski definition) is 3. The molecule has 0 saturated carbocycles. The van der Waals surface area contributed by atoms with E-state index in [0.29, 0.717) is 29.8 Å². The summed E-state index contributed by atoms with van der Waals surface area (Å²) in [6.07, 6.45) is 2.10. The number of carbonyl (C=O) groups excluding carboxylic acids is 1. The third kappa shape index (κ3) is 5.86. The average Bonchev–Trinajstić information content (AvgIpc) is 3.14. The smallest absolute Gasteiger partial charge is 0.251 e. The minimum atomic E-state index is -0.0500. The van der Waals surface area contributed by atoms with Crippen molar-refractivity contribution in [1.29, 1.82) is 0 Å². The second kappa shape index (κ2) is 10.5. The van der Waals surface area contributed by atoms with Crippen LogP contribution in [0.5, 0.6) is 5.75 Å². The number of halogens is 2. The van der Waals surface area contributed by atoms with Crippen molar-refractivity contribution in [1.82, 2.24) is 10.6 Å². The zero-order chi connectivity index (χ0) is 18.4. The van der Waals surface area contributed by atoms with Gasteiger partial charge in [-0.1, -0.05) is 41.9 Å². The lowest BCUT2D eigenvalue weighted by Gasteiger charge is -2.14. The third-order valence-corrected chi connectivity index (χ3v) is 5.03. The summed E-state index contributed by atoms with van der Waals surface area (Å²) in [6, 6.07) is 13.5. The van der Waals surface area contributed by atoms with E-state index in [-0.39, 0.29) is 18.3 Å². The summed E-state index contributed by atoms with van der Waals surface area (Å²) in [6.45, 7) is 4.86. The van der Waals surface area contributed by atoms with E-state index in [4.69, 9.17) is 16.3 Å². The average molecular weight is 409 g/mol. The van der Waals surface area contributed by atoms with Gasteiger partial charge in [0.1, 0.15) is 12.4 Å². The second-order valence-corrected chi connectivity index (χ2v) is 7.12. The number of rotatable bonds is 7. The van der Waals surface area contributed by atoms with Crippen molar-refractivity contribution in [2.24, 2.45) is 5.92 Å². The van der Waals surface area contributed by atoms with Gasteiger partial charge >= 0.3 is 0 Å². The van der Waals surface area contributed by atoms with Crippen LogP contribution in [0.1, 0.15) is 27.9 Å². The molecule has 0 bridgehead atoms. The molecule has 1 unspecified atom stereocenters. The molecular formula is C21H26Cl2N2O2. The molecule has 27 heavy (non-hydrogen) atoms. The van der Waals surface area contributed by atoms with Crippen LogP contribution in [0.2, 0.25) is 5.02 Å². The summed E-state index contributed by atoms with van der Waals surface area (Å²) in [5, 5.41) is 6.92. The fourth-order valence-electron chi connectivity index (χ4n) is 3.33. The Labute approximate surface area is 172 Å². The van der Waals surface area contributed by atoms with Crippen molar-refractivity contribution >= 4 is 29.9 Å². The van der Waals surface area contributed by atoms with E-state index in [1.807, 2.05) is 37.3 Å². The van der Waals surface area contributed by atoms with Crippen molar-refractivity contribution in [3.05, 3.63) is 64.2 Å². The van der Waals surface area contributed by atoms with Crippen LogP contribution in [0.25, 0.3) is 0 Å². The first-order valence-electron chi connectivity index (χ1n) is 9.10. The Bertz CT molecular complexity index is 741. The summed E-state index contributed by atoms with van der Waals surface area (Å²) < 4.78 is 5.74. The lowest BCUT2D eigenvalue weighted by molar-refractivity contribution is 0.0946. The topological polar surface area (TPSA) is 50.4 Å². The molecule has 0 aromatic heterocycles. The molecule has 0 radical (unpaired) electrons. The first-order valence-corrected chi connectivity index (χ1v) is 9.47. The largest absolute Gasteiger partial charge is 0.490 e. The van der Waals surface area contributed by atoms with E-state index in [9.17, 15) is 4.79 Å². The van der Waals surface area contributed by atoms with Gasteiger partial charge in [-0.05, 0) is 62.0 Å². The molecule has 3 rings (SSSR count). The molecular weight excluding hydrogens is 383 g/mol. The summed E-state index contributed by atoms with van der Waals surface area (Å²) in [4.78, 5) is 12.6. The Morgan fingerprint density at radius 1 is 1.26 bits per heavy atom. The van der Waals surface area contributed by atoms with Crippen LogP contribution >= 0.6 is 24.0 Å². The molecule has 4 nitrogen and oxygen atoms in total. The SMILES string of the molecule is Cc1cccc(Cl)c1OCCNC(=O)c1ccccc1CC1CCNC1.Cl. The van der Waals surface area contributed by atoms with E-state index in [1.54, 1.807) is 6.07 Å². The highest BCUT2D eigenvalue weighted by Crippen LogP contribution is 2.27. The molecule has 1 heterocycles. The van der Waals surface area contributed by atoms with Crippen LogP contribution in [0.3, 0.4) is 0 Å². The lowest BCUT2D eigenvalue weighted by Crippen LogP contribution is -2.29. The van der Waals surface area contributed by atoms with Crippen molar-refractivity contribution in [3.63, 3.8) is 0 Å². The number of carbonyl (C=O) groups is 1. The van der Waals surface area contributed by atoms with Gasteiger partial charge in [0.05, 0.1) is 11.6 Å². The zero-order valence-electron chi connectivity index (χ0n) is 15.5. The van der Waals surface area contributed by atoms with E-state index in [2.05, 4.69) is 16.7 Å². The van der Waals surface area contributed by atoms with Gasteiger partial charge in [-0.2, -0.15) is 0 Å². The van der Waals surface area contributed by atoms with E-state index in [0.717, 1.165) is 36.2 Å². The summed E-state index contributed by atoms with van der Waals surface area (Å²) in [7, 11) is 0. The molecule has 146 valence electrons. The molecule has 1 aliphatic rings. The van der Waals surface area contributed by atoms with Crippen LogP contribution in [-0.4, -0.2) is 32.1 Å². The van der Waals surface area contributed by atoms with Gasteiger partial charge in [0.2, 0.25) is 0 Å². The number of para-hydroxylation sites is 1. The van der Waals surface area contributed by atoms with Crippen LogP contribution < -0.4 is 15.4 Å². The molecule has 2 N–H and O–H groups in total. The Kier molecular flexibility index (Phi) is 8.42. The molecule has 2 aromatic rings. The number of aryl methyl sites for hydroxylation is 1. The second-order valence-electron chi connectivity index (χ2n) is 6.71. The highest BCUT2D eigenvalue weighted by Gasteiger charge is 2.18. The minimum absolute atomic E-state index is 0. The Hall–Kier alpha value is -1.75. The van der Waals surface area contributed by atoms with Gasteiger partial charge < -0.3 is 15.4 Å². The summed E-state index contributed by atoms with van der Waals surface area (Å²) in [5.74, 6) is 1.24. The lowest BCUT2D eigenvalue weighted by atomic mass is 9.94. The maximum absolute atomic E-state index is 12.6. The molecule has 1 fully saturated rings. The summed E-state index contributed by atoms with van der Waals surface area (Å²) >= 11 is 6.15. The van der Waals surface area contributed by atoms with Crippen LogP contribution in [0.15, 0.2) is 42.5 Å². The number of benzene rings is 2. The van der Waals surface area contributed by atoms with Crippen LogP contribution in [-0.2, 0) is 6.42 Å². The molecule has 0 aliphatic carbocycles. The summed E-state index contributed by atoms with van der Waals surface area (Å²) in [5.41, 5.74) is 2.86. The quantitative estimate of drug-likeness (QED) is 0.679. The predicted molar refractivity (Wildman–Crippen MR) is 112 cm³/mol. The maximum atomic E-state index is 12.6. The standard InChI is InChI=1S/C21H25ClN2O2.ClH/c1-15-5-4-8-19(22)20(15)26-12-11-24-21(25)18-7-3-2-6-17(18)13-16-9-10-23-14-16;/h2-8,16,23H,9-14H2,1H3,(H,24,25);1H. The predicted octanol–water partition coefficient (Wildman–Crippen LogP) is 4.03. The van der Waals surface area contributed by atoms with E-state index >= 15 is 0 Å². The highest BCUT2D eigenvalue weighted by atomic mass is 35.5. The third-order valence-electron chi connectivity index (χ3n) is 4.73. The molecule has 1 amide bonds. The van der Waals surface area contributed by atoms with E-state index in [1.165, 1.54) is 6.42 Å². The van der Waals surface area contributed by atoms with E-state index < -0.39 is 0 Å². The molecule has 1 aliphatic heterocycles. The zero-order valence-corrected chi connectivity index (χ0v) is 17.0. The molecule has 2 aromatic carbocycles. The molecule has 1 atom stereocenters. The fourth-order valence-corrected chi connectivity index (χ4v) is 3.61. The van der Waals surface area contributed by atoms with Gasteiger partial charge in [-0.15, -0.1) is 12.4 Å². The number of hydrogen-bond donors (Lipinski definition) is 2. The van der Waals surface area contributed by atoms with Crippen molar-refractivity contribution in [3.8, 4) is 5.75 Å². The highest BCUT2D eigenvalue weighted by molar-refractivity contribution is 6.32. The molecule has 1 saturated heterocycles. The number of amides is 1. The Morgan fingerprint density at radius 2 is 2.07 bits per heavy atom. The normalized spacial score (nSPS) is 15.9. The van der Waals surface area contributed by atoms with Gasteiger partial charge in [-0.25, -0.2) is 0 Å². The fraction of sp³-hybridized carbons (Fsp3) is 0.381. The first kappa shape index (κ1) is 21.5. The van der Waals surface area contributed by atoms with Gasteiger partial charge in [0, 0.05) is 5.56 Å². The van der Waals surface area contributed by atoms with Crippen LogP contribution in [0.4, 0.5) is 0 Å². The maximum Gasteiger partial charge on any atom is 0.251 e. The minimum Gasteiger partial charge on any atom is -0.490 e. The Morgan fingerprint density at radius 3 is 2.81 bits per heavy atom. The van der Waals surface area contributed by atoms with Gasteiger partial charge in [-0.3, -0.25) is 4.79 Å². The van der Waals surface area contributed by atoms with Gasteiger partial charge in [0.15, 0.2) is 0 Å². The molecule has 6 heteroatoms. The Balaban J connectivity index is 0.00000261. The van der Waals surface area contributed by atoms with Crippen molar-refractivity contribution in [2.75, 3.05) is 26.2 Å². The van der Waals surface area contributed by atoms with Crippen molar-refractivity contribution in [2.45, 2.75) is 19.8 Å². The monoisotopic (exact) mass is 408 g/mol. The van der Waals surface area contributed by atoms with Gasteiger partial charge in [0.25, 0.3) is 5.91 Å². The number of nitrogens with one attached hydrogen (secondary N) is 2.